The second-order valence-corrected chi connectivity index (χ2v) is 4.13. The molecule has 5 heteroatoms. The zero-order chi connectivity index (χ0) is 13.0. The van der Waals surface area contributed by atoms with Gasteiger partial charge in [0.2, 0.25) is 0 Å². The van der Waals surface area contributed by atoms with Crippen LogP contribution in [0.3, 0.4) is 0 Å². The molecule has 0 amide bonds. The van der Waals surface area contributed by atoms with Gasteiger partial charge in [-0.25, -0.2) is 8.78 Å². The summed E-state index contributed by atoms with van der Waals surface area (Å²) in [6.45, 7) is 3.48. The molecule has 0 aromatic heterocycles. The van der Waals surface area contributed by atoms with Gasteiger partial charge in [-0.15, -0.1) is 0 Å². The minimum atomic E-state index is -0.966. The fourth-order valence-corrected chi connectivity index (χ4v) is 1.15. The number of ether oxygens (including phenoxy) is 1. The van der Waals surface area contributed by atoms with Crippen molar-refractivity contribution in [3.8, 4) is 0 Å². The summed E-state index contributed by atoms with van der Waals surface area (Å²) in [5, 5.41) is 0. The first-order valence-corrected chi connectivity index (χ1v) is 5.28. The Hall–Kier alpha value is -1.49. The van der Waals surface area contributed by atoms with Gasteiger partial charge in [-0.3, -0.25) is 4.79 Å². The number of hydrogen-bond donors (Lipinski definition) is 1. The number of nitrogens with two attached hydrogens (primary N) is 1. The Labute approximate surface area is 98.6 Å². The van der Waals surface area contributed by atoms with Crippen molar-refractivity contribution in [3.05, 3.63) is 35.4 Å². The average molecular weight is 243 g/mol. The molecular weight excluding hydrogens is 228 g/mol. The van der Waals surface area contributed by atoms with Crippen molar-refractivity contribution < 1.29 is 18.3 Å². The van der Waals surface area contributed by atoms with Crippen molar-refractivity contribution in [1.29, 1.82) is 0 Å². The van der Waals surface area contributed by atoms with E-state index in [2.05, 4.69) is 0 Å². The molecule has 1 aromatic carbocycles. The largest absolute Gasteiger partial charge is 0.460 e. The normalized spacial score (nSPS) is 12.6. The fraction of sp³-hybridized carbons (Fsp3) is 0.417. The van der Waals surface area contributed by atoms with Crippen LogP contribution in [0.5, 0.6) is 0 Å². The maximum Gasteiger partial charge on any atom is 0.323 e. The van der Waals surface area contributed by atoms with Crippen LogP contribution in [0.2, 0.25) is 0 Å². The third kappa shape index (κ3) is 3.78. The lowest BCUT2D eigenvalue weighted by atomic mass is 10.1. The van der Waals surface area contributed by atoms with Crippen molar-refractivity contribution in [1.82, 2.24) is 0 Å². The Balaban J connectivity index is 2.56. The van der Waals surface area contributed by atoms with Gasteiger partial charge in [0.25, 0.3) is 0 Å². The summed E-state index contributed by atoms with van der Waals surface area (Å²) in [7, 11) is 0. The summed E-state index contributed by atoms with van der Waals surface area (Å²) in [5.41, 5.74) is 5.95. The molecule has 3 nitrogen and oxygen atoms in total. The first kappa shape index (κ1) is 13.6. The molecule has 1 aromatic rings. The summed E-state index contributed by atoms with van der Waals surface area (Å²) in [6.07, 6.45) is 0. The molecule has 0 saturated carbocycles. The van der Waals surface area contributed by atoms with Gasteiger partial charge >= 0.3 is 5.97 Å². The summed E-state index contributed by atoms with van der Waals surface area (Å²) in [4.78, 5) is 11.4. The first-order chi connectivity index (χ1) is 7.91. The topological polar surface area (TPSA) is 52.3 Å². The van der Waals surface area contributed by atoms with Crippen LogP contribution in [0.4, 0.5) is 8.78 Å². The Morgan fingerprint density at radius 1 is 1.35 bits per heavy atom. The van der Waals surface area contributed by atoms with Gasteiger partial charge in [-0.05, 0) is 23.6 Å². The number of hydrogen-bond acceptors (Lipinski definition) is 3. The van der Waals surface area contributed by atoms with Gasteiger partial charge in [0.1, 0.15) is 12.6 Å². The molecular formula is C12H15F2NO2. The smallest absolute Gasteiger partial charge is 0.323 e. The van der Waals surface area contributed by atoms with E-state index in [0.29, 0.717) is 5.56 Å². The maximum absolute atomic E-state index is 12.9. The molecule has 0 aliphatic heterocycles. The molecule has 0 aliphatic carbocycles. The number of carbonyl (C=O) groups is 1. The molecule has 2 N–H and O–H groups in total. The quantitative estimate of drug-likeness (QED) is 0.823. The highest BCUT2D eigenvalue weighted by atomic mass is 19.2. The molecule has 0 aliphatic rings. The van der Waals surface area contributed by atoms with Gasteiger partial charge in [0.05, 0.1) is 0 Å². The van der Waals surface area contributed by atoms with Crippen LogP contribution >= 0.6 is 0 Å². The molecule has 0 bridgehead atoms. The van der Waals surface area contributed by atoms with Crippen molar-refractivity contribution >= 4 is 5.97 Å². The standard InChI is InChI=1S/C12H15F2NO2/c1-7(2)11(15)12(16)17-6-8-3-4-9(13)10(14)5-8/h3-5,7,11H,6,15H2,1-2H3. The summed E-state index contributed by atoms with van der Waals surface area (Å²) < 4.78 is 30.4. The monoisotopic (exact) mass is 243 g/mol. The Bertz CT molecular complexity index is 407. The second-order valence-electron chi connectivity index (χ2n) is 4.13. The number of halogens is 2. The van der Waals surface area contributed by atoms with Gasteiger partial charge in [-0.2, -0.15) is 0 Å². The second kappa shape index (κ2) is 5.72. The van der Waals surface area contributed by atoms with Crippen LogP contribution in [0.1, 0.15) is 19.4 Å². The third-order valence-electron chi connectivity index (χ3n) is 2.36. The molecule has 0 saturated heterocycles. The summed E-state index contributed by atoms with van der Waals surface area (Å²) >= 11 is 0. The molecule has 1 unspecified atom stereocenters. The number of carbonyl (C=O) groups excluding carboxylic acids is 1. The predicted molar refractivity (Wildman–Crippen MR) is 59.0 cm³/mol. The minimum Gasteiger partial charge on any atom is -0.460 e. The number of rotatable bonds is 4. The van der Waals surface area contributed by atoms with Crippen molar-refractivity contribution in [2.24, 2.45) is 11.7 Å². The van der Waals surface area contributed by atoms with Crippen LogP contribution < -0.4 is 5.73 Å². The van der Waals surface area contributed by atoms with E-state index in [1.54, 1.807) is 13.8 Å². The Morgan fingerprint density at radius 2 is 2.00 bits per heavy atom. The highest BCUT2D eigenvalue weighted by Crippen LogP contribution is 2.10. The summed E-state index contributed by atoms with van der Waals surface area (Å²) in [6, 6.07) is 2.62. The van der Waals surface area contributed by atoms with E-state index < -0.39 is 23.6 Å². The van der Waals surface area contributed by atoms with Gasteiger partial charge in [0.15, 0.2) is 11.6 Å². The Kier molecular flexibility index (Phi) is 4.57. The Morgan fingerprint density at radius 3 is 2.53 bits per heavy atom. The average Bonchev–Trinajstić information content (AvgIpc) is 2.29. The van der Waals surface area contributed by atoms with E-state index >= 15 is 0 Å². The highest BCUT2D eigenvalue weighted by Gasteiger charge is 2.18. The molecule has 0 fully saturated rings. The van der Waals surface area contributed by atoms with Gasteiger partial charge < -0.3 is 10.5 Å². The van der Waals surface area contributed by atoms with Gasteiger partial charge in [-0.1, -0.05) is 19.9 Å². The van der Waals surface area contributed by atoms with Crippen LogP contribution in [0.25, 0.3) is 0 Å². The number of esters is 1. The van der Waals surface area contributed by atoms with E-state index in [0.717, 1.165) is 12.1 Å². The lowest BCUT2D eigenvalue weighted by Crippen LogP contribution is -2.36. The SMILES string of the molecule is CC(C)C(N)C(=O)OCc1ccc(F)c(F)c1. The molecule has 0 spiro atoms. The van der Waals surface area contributed by atoms with Crippen LogP contribution in [-0.2, 0) is 16.1 Å². The lowest BCUT2D eigenvalue weighted by Gasteiger charge is -2.14. The van der Waals surface area contributed by atoms with Crippen molar-refractivity contribution in [3.63, 3.8) is 0 Å². The van der Waals surface area contributed by atoms with E-state index in [1.807, 2.05) is 0 Å². The van der Waals surface area contributed by atoms with E-state index in [9.17, 15) is 13.6 Å². The van der Waals surface area contributed by atoms with Crippen LogP contribution in [0.15, 0.2) is 18.2 Å². The molecule has 1 atom stereocenters. The predicted octanol–water partition coefficient (Wildman–Crippen LogP) is 1.99. The zero-order valence-corrected chi connectivity index (χ0v) is 9.74. The van der Waals surface area contributed by atoms with E-state index in [1.165, 1.54) is 6.07 Å². The van der Waals surface area contributed by atoms with E-state index in [4.69, 9.17) is 10.5 Å². The molecule has 17 heavy (non-hydrogen) atoms. The highest BCUT2D eigenvalue weighted by molar-refractivity contribution is 5.75. The first-order valence-electron chi connectivity index (χ1n) is 5.28. The maximum atomic E-state index is 12.9. The van der Waals surface area contributed by atoms with Crippen molar-refractivity contribution in [2.75, 3.05) is 0 Å². The molecule has 94 valence electrons. The van der Waals surface area contributed by atoms with Crippen LogP contribution in [-0.4, -0.2) is 12.0 Å². The summed E-state index contributed by atoms with van der Waals surface area (Å²) in [5.74, 6) is -2.48. The third-order valence-corrected chi connectivity index (χ3v) is 2.36. The molecule has 0 heterocycles. The zero-order valence-electron chi connectivity index (χ0n) is 9.74. The van der Waals surface area contributed by atoms with Crippen molar-refractivity contribution in [2.45, 2.75) is 26.5 Å². The lowest BCUT2D eigenvalue weighted by molar-refractivity contribution is -0.147. The molecule has 1 rings (SSSR count). The molecule has 0 radical (unpaired) electrons. The minimum absolute atomic E-state index is 0.0348. The fourth-order valence-electron chi connectivity index (χ4n) is 1.15. The van der Waals surface area contributed by atoms with Crippen LogP contribution in [0, 0.1) is 17.6 Å². The van der Waals surface area contributed by atoms with E-state index in [-0.39, 0.29) is 12.5 Å². The van der Waals surface area contributed by atoms with Gasteiger partial charge in [0, 0.05) is 0 Å². The number of benzene rings is 1.